The Morgan fingerprint density at radius 1 is 1.23 bits per heavy atom. The van der Waals surface area contributed by atoms with Crippen LogP contribution in [0, 0.1) is 0 Å². The number of anilines is 1. The standard InChI is InChI=1S/C16H11BrN2O2S/c17-14-8-6-12(21-14)7-9-15(20)19-16-18-13(10-22-16)11-4-2-1-3-5-11/h1-10H,(H,18,19,20). The van der Waals surface area contributed by atoms with E-state index in [0.717, 1.165) is 11.3 Å². The smallest absolute Gasteiger partial charge is 0.250 e. The Labute approximate surface area is 139 Å². The maximum Gasteiger partial charge on any atom is 0.250 e. The number of nitrogens with zero attached hydrogens (tertiary/aromatic N) is 1. The summed E-state index contributed by atoms with van der Waals surface area (Å²) in [5, 5.41) is 5.22. The van der Waals surface area contributed by atoms with Crippen molar-refractivity contribution in [1.82, 2.24) is 4.98 Å². The Hall–Kier alpha value is -2.18. The Bertz CT molecular complexity index is 808. The number of benzene rings is 1. The van der Waals surface area contributed by atoms with Gasteiger partial charge in [0.2, 0.25) is 5.91 Å². The highest BCUT2D eigenvalue weighted by molar-refractivity contribution is 9.10. The van der Waals surface area contributed by atoms with Crippen LogP contribution in [0.25, 0.3) is 17.3 Å². The Morgan fingerprint density at radius 3 is 2.77 bits per heavy atom. The van der Waals surface area contributed by atoms with Gasteiger partial charge in [0.1, 0.15) is 5.76 Å². The number of halogens is 1. The van der Waals surface area contributed by atoms with E-state index in [2.05, 4.69) is 26.2 Å². The van der Waals surface area contributed by atoms with Gasteiger partial charge in [0.05, 0.1) is 5.69 Å². The minimum Gasteiger partial charge on any atom is -0.450 e. The number of carbonyl (C=O) groups excluding carboxylic acids is 1. The van der Waals surface area contributed by atoms with Crippen molar-refractivity contribution >= 4 is 44.4 Å². The average Bonchev–Trinajstić information content (AvgIpc) is 3.15. The maximum absolute atomic E-state index is 11.9. The van der Waals surface area contributed by atoms with E-state index in [1.54, 1.807) is 18.2 Å². The van der Waals surface area contributed by atoms with Gasteiger partial charge in [-0.3, -0.25) is 10.1 Å². The fourth-order valence-corrected chi connectivity index (χ4v) is 2.84. The van der Waals surface area contributed by atoms with Crippen LogP contribution in [0.15, 0.2) is 63.0 Å². The fraction of sp³-hybridized carbons (Fsp3) is 0. The summed E-state index contributed by atoms with van der Waals surface area (Å²) < 4.78 is 5.91. The molecular weight excluding hydrogens is 364 g/mol. The summed E-state index contributed by atoms with van der Waals surface area (Å²) in [5.74, 6) is 0.354. The molecule has 4 nitrogen and oxygen atoms in total. The van der Waals surface area contributed by atoms with Gasteiger partial charge in [-0.2, -0.15) is 0 Å². The monoisotopic (exact) mass is 374 g/mol. The van der Waals surface area contributed by atoms with Crippen LogP contribution in [-0.2, 0) is 4.79 Å². The van der Waals surface area contributed by atoms with Gasteiger partial charge >= 0.3 is 0 Å². The molecule has 0 atom stereocenters. The van der Waals surface area contributed by atoms with Crippen molar-refractivity contribution < 1.29 is 9.21 Å². The van der Waals surface area contributed by atoms with Gasteiger partial charge in [-0.25, -0.2) is 4.98 Å². The van der Waals surface area contributed by atoms with Gasteiger partial charge in [0, 0.05) is 17.0 Å². The van der Waals surface area contributed by atoms with Gasteiger partial charge in [0.25, 0.3) is 0 Å². The first-order valence-corrected chi connectivity index (χ1v) is 8.13. The highest BCUT2D eigenvalue weighted by atomic mass is 79.9. The lowest BCUT2D eigenvalue weighted by Gasteiger charge is -1.96. The first kappa shape index (κ1) is 14.7. The van der Waals surface area contributed by atoms with E-state index in [4.69, 9.17) is 4.42 Å². The van der Waals surface area contributed by atoms with Gasteiger partial charge in [-0.1, -0.05) is 30.3 Å². The summed E-state index contributed by atoms with van der Waals surface area (Å²) in [5.41, 5.74) is 1.87. The van der Waals surface area contributed by atoms with Crippen molar-refractivity contribution in [3.63, 3.8) is 0 Å². The molecule has 0 saturated heterocycles. The molecule has 0 unspecified atom stereocenters. The Morgan fingerprint density at radius 2 is 2.05 bits per heavy atom. The lowest BCUT2D eigenvalue weighted by atomic mass is 10.2. The van der Waals surface area contributed by atoms with Crippen LogP contribution in [0.5, 0.6) is 0 Å². The quantitative estimate of drug-likeness (QED) is 0.666. The second kappa shape index (κ2) is 6.72. The molecule has 0 bridgehead atoms. The number of rotatable bonds is 4. The van der Waals surface area contributed by atoms with Crippen molar-refractivity contribution in [2.75, 3.05) is 5.32 Å². The largest absolute Gasteiger partial charge is 0.450 e. The maximum atomic E-state index is 11.9. The van der Waals surface area contributed by atoms with E-state index in [1.807, 2.05) is 35.7 Å². The molecular formula is C16H11BrN2O2S. The number of hydrogen-bond acceptors (Lipinski definition) is 4. The van der Waals surface area contributed by atoms with E-state index >= 15 is 0 Å². The molecule has 0 aliphatic carbocycles. The zero-order chi connectivity index (χ0) is 15.4. The molecule has 0 radical (unpaired) electrons. The third kappa shape index (κ3) is 3.72. The van der Waals surface area contributed by atoms with Crippen LogP contribution >= 0.6 is 27.3 Å². The predicted octanol–water partition coefficient (Wildman–Crippen LogP) is 4.82. The van der Waals surface area contributed by atoms with E-state index in [0.29, 0.717) is 15.6 Å². The van der Waals surface area contributed by atoms with E-state index in [-0.39, 0.29) is 5.91 Å². The van der Waals surface area contributed by atoms with Gasteiger partial charge in [-0.15, -0.1) is 11.3 Å². The number of amides is 1. The number of hydrogen-bond donors (Lipinski definition) is 1. The highest BCUT2D eigenvalue weighted by Crippen LogP contribution is 2.24. The Kier molecular flexibility index (Phi) is 4.50. The first-order valence-electron chi connectivity index (χ1n) is 6.46. The van der Waals surface area contributed by atoms with Crippen LogP contribution in [0.2, 0.25) is 0 Å². The summed E-state index contributed by atoms with van der Waals surface area (Å²) >= 11 is 4.60. The normalized spacial score (nSPS) is 11.0. The van der Waals surface area contributed by atoms with Crippen LogP contribution in [0.1, 0.15) is 5.76 Å². The fourth-order valence-electron chi connectivity index (χ4n) is 1.80. The predicted molar refractivity (Wildman–Crippen MR) is 91.6 cm³/mol. The summed E-state index contributed by atoms with van der Waals surface area (Å²) in [4.78, 5) is 16.3. The minimum atomic E-state index is -0.249. The summed E-state index contributed by atoms with van der Waals surface area (Å²) in [6, 6.07) is 13.4. The van der Waals surface area contributed by atoms with E-state index < -0.39 is 0 Å². The minimum absolute atomic E-state index is 0.249. The Balaban J connectivity index is 1.65. The number of carbonyl (C=O) groups is 1. The molecule has 0 aliphatic rings. The summed E-state index contributed by atoms with van der Waals surface area (Å²) in [7, 11) is 0. The van der Waals surface area contributed by atoms with Crippen LogP contribution < -0.4 is 5.32 Å². The molecule has 22 heavy (non-hydrogen) atoms. The number of nitrogens with one attached hydrogen (secondary N) is 1. The molecule has 0 fully saturated rings. The second-order valence-corrected chi connectivity index (χ2v) is 6.01. The third-order valence-corrected chi connectivity index (χ3v) is 3.98. The zero-order valence-corrected chi connectivity index (χ0v) is 13.7. The molecule has 6 heteroatoms. The molecule has 1 aromatic carbocycles. The SMILES string of the molecule is O=C(C=Cc1ccc(Br)o1)Nc1nc(-c2ccccc2)cs1. The average molecular weight is 375 g/mol. The van der Waals surface area contributed by atoms with Gasteiger partial charge in [0.15, 0.2) is 9.80 Å². The molecule has 110 valence electrons. The number of furan rings is 1. The molecule has 3 aromatic rings. The molecule has 0 aliphatic heterocycles. The number of thiazole rings is 1. The second-order valence-electron chi connectivity index (χ2n) is 4.37. The van der Waals surface area contributed by atoms with E-state index in [9.17, 15) is 4.79 Å². The molecule has 0 spiro atoms. The molecule has 2 heterocycles. The van der Waals surface area contributed by atoms with Crippen molar-refractivity contribution in [2.45, 2.75) is 0 Å². The lowest BCUT2D eigenvalue weighted by Crippen LogP contribution is -2.07. The third-order valence-electron chi connectivity index (χ3n) is 2.80. The highest BCUT2D eigenvalue weighted by Gasteiger charge is 2.06. The van der Waals surface area contributed by atoms with E-state index in [1.165, 1.54) is 17.4 Å². The van der Waals surface area contributed by atoms with Crippen molar-refractivity contribution in [3.05, 3.63) is 64.4 Å². The molecule has 0 saturated carbocycles. The van der Waals surface area contributed by atoms with Crippen LogP contribution in [0.4, 0.5) is 5.13 Å². The van der Waals surface area contributed by atoms with Crippen molar-refractivity contribution in [1.29, 1.82) is 0 Å². The molecule has 1 amide bonds. The van der Waals surface area contributed by atoms with Crippen molar-refractivity contribution in [3.8, 4) is 11.3 Å². The molecule has 3 rings (SSSR count). The lowest BCUT2D eigenvalue weighted by molar-refractivity contribution is -0.111. The zero-order valence-electron chi connectivity index (χ0n) is 11.3. The van der Waals surface area contributed by atoms with Gasteiger partial charge in [-0.05, 0) is 34.1 Å². The van der Waals surface area contributed by atoms with Crippen LogP contribution in [0.3, 0.4) is 0 Å². The summed E-state index contributed by atoms with van der Waals surface area (Å²) in [6.45, 7) is 0. The van der Waals surface area contributed by atoms with Crippen molar-refractivity contribution in [2.24, 2.45) is 0 Å². The van der Waals surface area contributed by atoms with Gasteiger partial charge < -0.3 is 4.42 Å². The topological polar surface area (TPSA) is 55.1 Å². The molecule has 2 aromatic heterocycles. The summed E-state index contributed by atoms with van der Waals surface area (Å²) in [6.07, 6.45) is 3.01. The number of aromatic nitrogens is 1. The first-order chi connectivity index (χ1) is 10.7. The van der Waals surface area contributed by atoms with Crippen LogP contribution in [-0.4, -0.2) is 10.9 Å². The molecule has 1 N–H and O–H groups in total.